The molecule has 1 aromatic carbocycles. The van der Waals surface area contributed by atoms with E-state index in [1.165, 1.54) is 12.1 Å². The Morgan fingerprint density at radius 1 is 1.21 bits per heavy atom. The zero-order valence-electron chi connectivity index (χ0n) is 11.7. The second-order valence-corrected chi connectivity index (χ2v) is 6.93. The smallest absolute Gasteiger partial charge is 0.207 e. The molecular formula is C13H21FN2O2S. The van der Waals surface area contributed by atoms with E-state index < -0.39 is 15.7 Å². The van der Waals surface area contributed by atoms with Crippen LogP contribution in [0.3, 0.4) is 0 Å². The Bertz CT molecular complexity index is 506. The molecule has 0 saturated carbocycles. The summed E-state index contributed by atoms with van der Waals surface area (Å²) in [4.78, 5) is 0. The molecule has 1 aromatic rings. The summed E-state index contributed by atoms with van der Waals surface area (Å²) in [6.45, 7) is 7.18. The molecule has 6 heteroatoms. The highest BCUT2D eigenvalue weighted by atomic mass is 32.2. The molecule has 108 valence electrons. The van der Waals surface area contributed by atoms with E-state index in [0.717, 1.165) is 5.56 Å². The topological polar surface area (TPSA) is 58.2 Å². The zero-order chi connectivity index (χ0) is 14.7. The van der Waals surface area contributed by atoms with Gasteiger partial charge in [0, 0.05) is 11.6 Å². The van der Waals surface area contributed by atoms with Gasteiger partial charge >= 0.3 is 0 Å². The Morgan fingerprint density at radius 3 is 2.16 bits per heavy atom. The van der Waals surface area contributed by atoms with Crippen molar-refractivity contribution in [1.29, 1.82) is 0 Å². The molecule has 0 aliphatic carbocycles. The largest absolute Gasteiger partial charge is 0.277 e. The van der Waals surface area contributed by atoms with Gasteiger partial charge in [-0.05, 0) is 44.9 Å². The van der Waals surface area contributed by atoms with Gasteiger partial charge in [0.15, 0.2) is 0 Å². The Hall–Kier alpha value is -0.980. The van der Waals surface area contributed by atoms with E-state index in [1.807, 2.05) is 6.92 Å². The highest BCUT2D eigenvalue weighted by Crippen LogP contribution is 2.18. The minimum absolute atomic E-state index is 0.339. The minimum Gasteiger partial charge on any atom is -0.207 e. The fraction of sp³-hybridized carbons (Fsp3) is 0.538. The van der Waals surface area contributed by atoms with Crippen LogP contribution < -0.4 is 9.44 Å². The molecule has 2 N–H and O–H groups in total. The predicted molar refractivity (Wildman–Crippen MR) is 74.4 cm³/mol. The lowest BCUT2D eigenvalue weighted by Crippen LogP contribution is -2.47. The minimum atomic E-state index is -3.60. The first-order valence-electron chi connectivity index (χ1n) is 6.19. The van der Waals surface area contributed by atoms with Crippen LogP contribution >= 0.6 is 0 Å². The van der Waals surface area contributed by atoms with E-state index in [9.17, 15) is 12.8 Å². The van der Waals surface area contributed by atoms with Gasteiger partial charge in [-0.25, -0.2) is 4.39 Å². The maximum atomic E-state index is 12.9. The number of benzene rings is 1. The summed E-state index contributed by atoms with van der Waals surface area (Å²) in [7, 11) is -3.60. The van der Waals surface area contributed by atoms with Crippen molar-refractivity contribution in [3.8, 4) is 0 Å². The molecule has 1 rings (SSSR count). The quantitative estimate of drug-likeness (QED) is 0.874. The molecule has 0 aliphatic rings. The van der Waals surface area contributed by atoms with Crippen molar-refractivity contribution < 1.29 is 12.8 Å². The molecule has 0 saturated heterocycles. The number of nitrogens with one attached hydrogen (secondary N) is 2. The van der Waals surface area contributed by atoms with Crippen LogP contribution in [0.1, 0.15) is 45.7 Å². The highest BCUT2D eigenvalue weighted by Gasteiger charge is 2.23. The van der Waals surface area contributed by atoms with Gasteiger partial charge in [-0.2, -0.15) is 17.9 Å². The van der Waals surface area contributed by atoms with Crippen molar-refractivity contribution in [2.75, 3.05) is 0 Å². The molecule has 0 radical (unpaired) electrons. The highest BCUT2D eigenvalue weighted by molar-refractivity contribution is 7.87. The summed E-state index contributed by atoms with van der Waals surface area (Å²) in [5, 5.41) is 0. The van der Waals surface area contributed by atoms with Crippen LogP contribution in [0.5, 0.6) is 0 Å². The van der Waals surface area contributed by atoms with Gasteiger partial charge in [0.25, 0.3) is 10.2 Å². The number of rotatable bonds is 5. The number of halogens is 1. The van der Waals surface area contributed by atoms with Gasteiger partial charge in [-0.15, -0.1) is 0 Å². The van der Waals surface area contributed by atoms with Gasteiger partial charge in [-0.1, -0.05) is 19.1 Å². The van der Waals surface area contributed by atoms with Gasteiger partial charge in [0.1, 0.15) is 5.82 Å². The first-order chi connectivity index (χ1) is 8.63. The van der Waals surface area contributed by atoms with Gasteiger partial charge in [-0.3, -0.25) is 0 Å². The summed E-state index contributed by atoms with van der Waals surface area (Å²) in [5.41, 5.74) is 0.190. The van der Waals surface area contributed by atoms with Crippen LogP contribution in [-0.2, 0) is 10.2 Å². The third kappa shape index (κ3) is 5.67. The lowest BCUT2D eigenvalue weighted by Gasteiger charge is -2.24. The van der Waals surface area contributed by atoms with Crippen molar-refractivity contribution in [2.24, 2.45) is 0 Å². The fourth-order valence-corrected chi connectivity index (χ4v) is 3.24. The maximum Gasteiger partial charge on any atom is 0.277 e. The molecular weight excluding hydrogens is 267 g/mol. The van der Waals surface area contributed by atoms with Crippen LogP contribution in [-0.4, -0.2) is 14.0 Å². The van der Waals surface area contributed by atoms with Gasteiger partial charge in [0.2, 0.25) is 0 Å². The molecule has 0 amide bonds. The Labute approximate surface area is 114 Å². The first kappa shape index (κ1) is 16.1. The standard InChI is InChI=1S/C13H21FN2O2S/c1-5-12(10-6-8-11(14)9-7-10)15-19(17,18)16-13(2,3)4/h6-9,12,15-16H,5H2,1-4H3. The lowest BCUT2D eigenvalue weighted by molar-refractivity contribution is 0.473. The number of hydrogen-bond donors (Lipinski definition) is 2. The van der Waals surface area contributed by atoms with Crippen LogP contribution in [0, 0.1) is 5.82 Å². The average Bonchev–Trinajstić information content (AvgIpc) is 2.24. The first-order valence-corrected chi connectivity index (χ1v) is 7.68. The second kappa shape index (κ2) is 5.98. The summed E-state index contributed by atoms with van der Waals surface area (Å²) in [6, 6.07) is 5.44. The molecule has 1 unspecified atom stereocenters. The molecule has 0 spiro atoms. The van der Waals surface area contributed by atoms with Crippen molar-refractivity contribution in [2.45, 2.75) is 45.7 Å². The second-order valence-electron chi connectivity index (χ2n) is 5.49. The van der Waals surface area contributed by atoms with E-state index in [-0.39, 0.29) is 11.9 Å². The molecule has 19 heavy (non-hydrogen) atoms. The van der Waals surface area contributed by atoms with Crippen molar-refractivity contribution in [1.82, 2.24) is 9.44 Å². The van der Waals surface area contributed by atoms with Crippen LogP contribution in [0.4, 0.5) is 4.39 Å². The van der Waals surface area contributed by atoms with Crippen molar-refractivity contribution in [3.63, 3.8) is 0 Å². The van der Waals surface area contributed by atoms with E-state index >= 15 is 0 Å². The SMILES string of the molecule is CCC(NS(=O)(=O)NC(C)(C)C)c1ccc(F)cc1. The monoisotopic (exact) mass is 288 g/mol. The van der Waals surface area contributed by atoms with Gasteiger partial charge in [0.05, 0.1) is 0 Å². The van der Waals surface area contributed by atoms with Crippen molar-refractivity contribution in [3.05, 3.63) is 35.6 Å². The van der Waals surface area contributed by atoms with Crippen LogP contribution in [0.2, 0.25) is 0 Å². The third-order valence-corrected chi connectivity index (χ3v) is 3.89. The Kier molecular flexibility index (Phi) is 5.06. The molecule has 0 heterocycles. The van der Waals surface area contributed by atoms with E-state index in [1.54, 1.807) is 32.9 Å². The number of hydrogen-bond acceptors (Lipinski definition) is 2. The maximum absolute atomic E-state index is 12.9. The van der Waals surface area contributed by atoms with Crippen LogP contribution in [0.15, 0.2) is 24.3 Å². The molecule has 4 nitrogen and oxygen atoms in total. The van der Waals surface area contributed by atoms with E-state index in [2.05, 4.69) is 9.44 Å². The summed E-state index contributed by atoms with van der Waals surface area (Å²) in [6.07, 6.45) is 0.580. The molecule has 1 atom stereocenters. The fourth-order valence-electron chi connectivity index (χ4n) is 1.70. The molecule has 0 bridgehead atoms. The molecule has 0 aliphatic heterocycles. The zero-order valence-corrected chi connectivity index (χ0v) is 12.5. The van der Waals surface area contributed by atoms with Gasteiger partial charge < -0.3 is 0 Å². The summed E-state index contributed by atoms with van der Waals surface area (Å²) in [5.74, 6) is -0.339. The Balaban J connectivity index is 2.85. The Morgan fingerprint density at radius 2 is 1.74 bits per heavy atom. The summed E-state index contributed by atoms with van der Waals surface area (Å²) < 4.78 is 41.9. The van der Waals surface area contributed by atoms with Crippen molar-refractivity contribution >= 4 is 10.2 Å². The lowest BCUT2D eigenvalue weighted by atomic mass is 10.1. The van der Waals surface area contributed by atoms with Crippen LogP contribution in [0.25, 0.3) is 0 Å². The van der Waals surface area contributed by atoms with E-state index in [0.29, 0.717) is 6.42 Å². The van der Waals surface area contributed by atoms with E-state index in [4.69, 9.17) is 0 Å². The predicted octanol–water partition coefficient (Wildman–Crippen LogP) is 2.50. The third-order valence-electron chi connectivity index (χ3n) is 2.42. The molecule has 0 aromatic heterocycles. The summed E-state index contributed by atoms with van der Waals surface area (Å²) >= 11 is 0. The normalized spacial score (nSPS) is 14.4. The molecule has 0 fully saturated rings. The average molecular weight is 288 g/mol.